The van der Waals surface area contributed by atoms with Gasteiger partial charge in [-0.15, -0.1) is 0 Å². The van der Waals surface area contributed by atoms with Crippen molar-refractivity contribution in [1.29, 1.82) is 0 Å². The van der Waals surface area contributed by atoms with E-state index in [0.717, 1.165) is 6.42 Å². The van der Waals surface area contributed by atoms with Gasteiger partial charge in [0.15, 0.2) is 0 Å². The molecule has 2 atom stereocenters. The smallest absolute Gasteiger partial charge is 0.326 e. The van der Waals surface area contributed by atoms with Gasteiger partial charge in [-0.05, 0) is 37.5 Å². The fourth-order valence-electron chi connectivity index (χ4n) is 5.22. The van der Waals surface area contributed by atoms with Crippen LogP contribution in [0, 0.1) is 5.92 Å². The van der Waals surface area contributed by atoms with Crippen LogP contribution in [0.3, 0.4) is 0 Å². The molecule has 5 rings (SSSR count). The van der Waals surface area contributed by atoms with Crippen molar-refractivity contribution in [2.45, 2.75) is 31.3 Å². The summed E-state index contributed by atoms with van der Waals surface area (Å²) in [4.78, 5) is 56.2. The summed E-state index contributed by atoms with van der Waals surface area (Å²) in [6, 6.07) is 5.05. The number of piperidine rings is 1. The minimum atomic E-state index is -0.370. The van der Waals surface area contributed by atoms with Gasteiger partial charge in [-0.3, -0.25) is 14.2 Å². The minimum Gasteiger partial charge on any atom is -0.343 e. The number of rotatable bonds is 4. The van der Waals surface area contributed by atoms with Crippen LogP contribution < -0.4 is 16.3 Å². The van der Waals surface area contributed by atoms with E-state index in [4.69, 9.17) is 0 Å². The quantitative estimate of drug-likeness (QED) is 0.610. The average molecular weight is 479 g/mol. The lowest BCUT2D eigenvalue weighted by Gasteiger charge is -2.38. The Bertz CT molecular complexity index is 1270. The third-order valence-electron chi connectivity index (χ3n) is 7.33. The van der Waals surface area contributed by atoms with Crippen LogP contribution in [0.15, 0.2) is 47.3 Å². The Morgan fingerprint density at radius 3 is 2.63 bits per heavy atom. The van der Waals surface area contributed by atoms with Gasteiger partial charge >= 0.3 is 11.7 Å². The number of aromatic amines is 1. The van der Waals surface area contributed by atoms with Crippen molar-refractivity contribution in [3.63, 3.8) is 0 Å². The maximum atomic E-state index is 12.8. The zero-order valence-corrected chi connectivity index (χ0v) is 19.7. The summed E-state index contributed by atoms with van der Waals surface area (Å²) < 4.78 is 1.47. The maximum Gasteiger partial charge on any atom is 0.326 e. The van der Waals surface area contributed by atoms with Crippen LogP contribution in [-0.2, 0) is 11.8 Å². The average Bonchev–Trinajstić information content (AvgIpc) is 3.04. The van der Waals surface area contributed by atoms with E-state index in [-0.39, 0.29) is 42.2 Å². The highest BCUT2D eigenvalue weighted by Gasteiger charge is 2.34. The van der Waals surface area contributed by atoms with E-state index in [2.05, 4.69) is 21.7 Å². The summed E-state index contributed by atoms with van der Waals surface area (Å²) >= 11 is 0. The van der Waals surface area contributed by atoms with Crippen LogP contribution in [0.5, 0.6) is 0 Å². The number of nitrogens with zero attached hydrogens (tertiary/aromatic N) is 3. The highest BCUT2D eigenvalue weighted by molar-refractivity contribution is 5.99. The summed E-state index contributed by atoms with van der Waals surface area (Å²) in [5.41, 5.74) is 1.40. The zero-order valence-electron chi connectivity index (χ0n) is 19.7. The van der Waals surface area contributed by atoms with Crippen molar-refractivity contribution in [1.82, 2.24) is 30.0 Å². The number of aryl methyl sites for hydroxylation is 1. The first-order chi connectivity index (χ1) is 16.9. The molecule has 0 saturated carbocycles. The van der Waals surface area contributed by atoms with Gasteiger partial charge in [0.05, 0.1) is 23.6 Å². The predicted octanol–water partition coefficient (Wildman–Crippen LogP) is 1.11. The summed E-state index contributed by atoms with van der Waals surface area (Å²) in [5, 5.41) is 5.81. The Morgan fingerprint density at radius 1 is 1.06 bits per heavy atom. The number of urea groups is 1. The second-order valence-corrected chi connectivity index (χ2v) is 9.41. The zero-order chi connectivity index (χ0) is 24.5. The van der Waals surface area contributed by atoms with E-state index in [0.29, 0.717) is 55.0 Å². The van der Waals surface area contributed by atoms with Crippen molar-refractivity contribution >= 4 is 28.9 Å². The topological polar surface area (TPSA) is 120 Å². The Kier molecular flexibility index (Phi) is 6.19. The molecular formula is C25H30N6O4. The lowest BCUT2D eigenvalue weighted by atomic mass is 9.92. The molecule has 1 aliphatic carbocycles. The molecule has 10 nitrogen and oxygen atoms in total. The van der Waals surface area contributed by atoms with Gasteiger partial charge in [0, 0.05) is 44.2 Å². The fourth-order valence-corrected chi connectivity index (χ4v) is 5.22. The largest absolute Gasteiger partial charge is 0.343 e. The first kappa shape index (κ1) is 22.9. The number of fused-ring (bicyclic) bond motifs is 2. The molecule has 0 spiro atoms. The second kappa shape index (κ2) is 9.44. The van der Waals surface area contributed by atoms with Crippen molar-refractivity contribution in [2.24, 2.45) is 13.0 Å². The molecule has 10 heteroatoms. The normalized spacial score (nSPS) is 22.6. The molecule has 2 unspecified atom stereocenters. The fraction of sp³-hybridized carbons (Fsp3) is 0.440. The molecule has 2 saturated heterocycles. The molecule has 4 amide bonds. The molecule has 2 aromatic rings. The molecule has 2 fully saturated rings. The van der Waals surface area contributed by atoms with Gasteiger partial charge in [-0.2, -0.15) is 0 Å². The number of carbonyl (C=O) groups excluding carboxylic acids is 3. The van der Waals surface area contributed by atoms with E-state index >= 15 is 0 Å². The molecular weight excluding hydrogens is 448 g/mol. The van der Waals surface area contributed by atoms with Gasteiger partial charge in [0.2, 0.25) is 5.91 Å². The van der Waals surface area contributed by atoms with Crippen molar-refractivity contribution in [3.8, 4) is 0 Å². The van der Waals surface area contributed by atoms with Crippen molar-refractivity contribution in [3.05, 3.63) is 58.6 Å². The molecule has 184 valence electrons. The number of hydrogen-bond donors (Lipinski definition) is 3. The number of nitrogens with one attached hydrogen (secondary N) is 3. The monoisotopic (exact) mass is 478 g/mol. The Balaban J connectivity index is 1.12. The number of amides is 4. The first-order valence-corrected chi connectivity index (χ1v) is 12.1. The van der Waals surface area contributed by atoms with Crippen LogP contribution in [-0.4, -0.2) is 75.5 Å². The van der Waals surface area contributed by atoms with Crippen LogP contribution in [0.1, 0.15) is 29.6 Å². The molecule has 1 aromatic heterocycles. The molecule has 1 aromatic carbocycles. The van der Waals surface area contributed by atoms with E-state index in [1.807, 2.05) is 23.1 Å². The maximum absolute atomic E-state index is 12.8. The van der Waals surface area contributed by atoms with Crippen molar-refractivity contribution in [2.75, 3.05) is 26.2 Å². The predicted molar refractivity (Wildman–Crippen MR) is 131 cm³/mol. The Morgan fingerprint density at radius 2 is 1.83 bits per heavy atom. The lowest BCUT2D eigenvalue weighted by Crippen LogP contribution is -2.52. The number of imidazole rings is 1. The van der Waals surface area contributed by atoms with Crippen LogP contribution in [0.25, 0.3) is 11.0 Å². The molecule has 35 heavy (non-hydrogen) atoms. The first-order valence-electron chi connectivity index (χ1n) is 12.1. The summed E-state index contributed by atoms with van der Waals surface area (Å²) in [6.45, 7) is 1.70. The third-order valence-corrected chi connectivity index (χ3v) is 7.33. The van der Waals surface area contributed by atoms with Crippen LogP contribution in [0.4, 0.5) is 4.79 Å². The van der Waals surface area contributed by atoms with E-state index in [1.54, 1.807) is 30.1 Å². The Hall–Kier alpha value is -3.82. The number of H-pyrrole nitrogens is 1. The van der Waals surface area contributed by atoms with Crippen LogP contribution in [0.2, 0.25) is 0 Å². The molecule has 0 bridgehead atoms. The molecule has 0 radical (unpaired) electrons. The number of aromatic nitrogens is 2. The highest BCUT2D eigenvalue weighted by Crippen LogP contribution is 2.24. The van der Waals surface area contributed by atoms with Crippen LogP contribution >= 0.6 is 0 Å². The summed E-state index contributed by atoms with van der Waals surface area (Å²) in [7, 11) is 1.66. The number of likely N-dealkylation sites (tertiary alicyclic amines) is 1. The number of benzene rings is 1. The second-order valence-electron chi connectivity index (χ2n) is 9.41. The standard InChI is InChI=1S/C25H30N6O4/c1-29-21-7-6-17(14-20(21)28-24(29)34)23(33)26-15-22(32)30-11-9-18(10-12-30)31-13-8-16-4-2-3-5-19(16)27-25(31)35/h2-7,14,16,18-19H,8-13,15H2,1H3,(H,26,33)(H,27,35)(H,28,34). The molecule has 3 aliphatic rings. The number of allylic oxidation sites excluding steroid dienone is 2. The Labute approximate surface area is 202 Å². The highest BCUT2D eigenvalue weighted by atomic mass is 16.2. The summed E-state index contributed by atoms with van der Waals surface area (Å²) in [6.07, 6.45) is 10.5. The molecule has 2 aliphatic heterocycles. The number of carbonyl (C=O) groups is 3. The van der Waals surface area contributed by atoms with Gasteiger partial charge in [0.25, 0.3) is 5.91 Å². The molecule has 3 N–H and O–H groups in total. The van der Waals surface area contributed by atoms with E-state index < -0.39 is 0 Å². The van der Waals surface area contributed by atoms with Crippen molar-refractivity contribution < 1.29 is 14.4 Å². The SMILES string of the molecule is Cn1c(=O)[nH]c2cc(C(=O)NCC(=O)N3CCC(N4CCC5C=CC=CC5NC4=O)CC3)ccc21. The van der Waals surface area contributed by atoms with Gasteiger partial charge in [-0.1, -0.05) is 24.3 Å². The third kappa shape index (κ3) is 4.60. The van der Waals surface area contributed by atoms with Gasteiger partial charge < -0.3 is 25.4 Å². The summed E-state index contributed by atoms with van der Waals surface area (Å²) in [5.74, 6) is -0.194. The molecule has 3 heterocycles. The lowest BCUT2D eigenvalue weighted by molar-refractivity contribution is -0.131. The van der Waals surface area contributed by atoms with E-state index in [9.17, 15) is 19.2 Å². The minimum absolute atomic E-state index is 0.0359. The van der Waals surface area contributed by atoms with E-state index in [1.165, 1.54) is 4.57 Å². The van der Waals surface area contributed by atoms with Gasteiger partial charge in [-0.25, -0.2) is 9.59 Å². The number of hydrogen-bond acceptors (Lipinski definition) is 4. The van der Waals surface area contributed by atoms with Gasteiger partial charge in [0.1, 0.15) is 0 Å².